The Bertz CT molecular complexity index is 396. The van der Waals surface area contributed by atoms with Gasteiger partial charge in [-0.15, -0.1) is 23.5 Å². The van der Waals surface area contributed by atoms with Crippen molar-refractivity contribution >= 4 is 35.4 Å². The Morgan fingerprint density at radius 3 is 1.85 bits per heavy atom. The summed E-state index contributed by atoms with van der Waals surface area (Å²) < 4.78 is -0.234. The van der Waals surface area contributed by atoms with Crippen LogP contribution in [0.4, 0.5) is 0 Å². The summed E-state index contributed by atoms with van der Waals surface area (Å²) in [6, 6.07) is -0.0304. The number of hydrogen-bond donors (Lipinski definition) is 2. The van der Waals surface area contributed by atoms with Crippen molar-refractivity contribution in [1.29, 1.82) is 0 Å². The lowest BCUT2D eigenvalue weighted by atomic mass is 10.3. The normalized spacial score (nSPS) is 13.4. The van der Waals surface area contributed by atoms with Gasteiger partial charge in [-0.2, -0.15) is 0 Å². The van der Waals surface area contributed by atoms with Crippen LogP contribution in [0.5, 0.6) is 0 Å². The second kappa shape index (κ2) is 7.98. The molecule has 0 unspecified atom stereocenters. The summed E-state index contributed by atoms with van der Waals surface area (Å²) >= 11 is 2.51. The molecular formula is C14H25NO3S2. The fourth-order valence-electron chi connectivity index (χ4n) is 1.27. The monoisotopic (exact) mass is 319 g/mol. The third-order valence-corrected chi connectivity index (χ3v) is 4.21. The fourth-order valence-corrected chi connectivity index (χ4v) is 3.25. The number of carbonyl (C=O) groups is 2. The van der Waals surface area contributed by atoms with Crippen molar-refractivity contribution < 1.29 is 14.7 Å². The first-order valence-electron chi connectivity index (χ1n) is 6.58. The number of hydrogen-bond acceptors (Lipinski definition) is 4. The minimum atomic E-state index is -1.05. The lowest BCUT2D eigenvalue weighted by molar-refractivity contribution is -0.132. The molecule has 0 aliphatic heterocycles. The van der Waals surface area contributed by atoms with E-state index in [9.17, 15) is 14.7 Å². The van der Waals surface area contributed by atoms with Crippen LogP contribution < -0.4 is 5.32 Å². The molecule has 0 atom stereocenters. The summed E-state index contributed by atoms with van der Waals surface area (Å²) in [4.78, 5) is 24.2. The Labute approximate surface area is 130 Å². The lowest BCUT2D eigenvalue weighted by Gasteiger charge is -2.22. The summed E-state index contributed by atoms with van der Waals surface area (Å²) in [7, 11) is 0. The SMILES string of the molecule is CC(C)NC(=O)/C(SC(C)(C)C)=C(/SC(C)C)C(=O)O. The van der Waals surface area contributed by atoms with Gasteiger partial charge in [0.25, 0.3) is 5.91 Å². The molecule has 0 rings (SSSR count). The van der Waals surface area contributed by atoms with Crippen LogP contribution in [0.25, 0.3) is 0 Å². The third kappa shape index (κ3) is 7.85. The van der Waals surface area contributed by atoms with Crippen LogP contribution in [0.3, 0.4) is 0 Å². The number of carboxylic acid groups (broad SMARTS) is 1. The second-order valence-corrected chi connectivity index (χ2v) is 9.40. The van der Waals surface area contributed by atoms with E-state index in [-0.39, 0.29) is 31.8 Å². The summed E-state index contributed by atoms with van der Waals surface area (Å²) in [6.45, 7) is 13.4. The second-order valence-electron chi connectivity index (χ2n) is 5.97. The van der Waals surface area contributed by atoms with E-state index in [0.717, 1.165) is 0 Å². The number of carboxylic acids is 1. The molecule has 0 spiro atoms. The zero-order valence-electron chi connectivity index (χ0n) is 13.2. The van der Waals surface area contributed by atoms with Crippen LogP contribution in [0.15, 0.2) is 9.81 Å². The molecule has 0 aromatic rings. The zero-order valence-corrected chi connectivity index (χ0v) is 14.9. The van der Waals surface area contributed by atoms with Gasteiger partial charge >= 0.3 is 5.97 Å². The average Bonchev–Trinajstić information content (AvgIpc) is 2.19. The van der Waals surface area contributed by atoms with Gasteiger partial charge in [0.1, 0.15) is 4.91 Å². The average molecular weight is 319 g/mol. The number of nitrogens with one attached hydrogen (secondary N) is 1. The van der Waals surface area contributed by atoms with Crippen LogP contribution in [-0.2, 0) is 9.59 Å². The first-order valence-corrected chi connectivity index (χ1v) is 8.27. The van der Waals surface area contributed by atoms with Gasteiger partial charge < -0.3 is 10.4 Å². The molecule has 6 heteroatoms. The Hall–Kier alpha value is -0.620. The first kappa shape index (κ1) is 19.4. The van der Waals surface area contributed by atoms with Gasteiger partial charge in [0.2, 0.25) is 0 Å². The van der Waals surface area contributed by atoms with Crippen LogP contribution in [0.1, 0.15) is 48.5 Å². The molecule has 0 saturated heterocycles. The van der Waals surface area contributed by atoms with E-state index in [4.69, 9.17) is 0 Å². The quantitative estimate of drug-likeness (QED) is 0.734. The number of carbonyl (C=O) groups excluding carboxylic acids is 1. The van der Waals surface area contributed by atoms with Gasteiger partial charge in [0, 0.05) is 16.0 Å². The minimum Gasteiger partial charge on any atom is -0.477 e. The molecule has 20 heavy (non-hydrogen) atoms. The van der Waals surface area contributed by atoms with Crippen molar-refractivity contribution in [2.45, 2.75) is 64.5 Å². The van der Waals surface area contributed by atoms with Crippen molar-refractivity contribution in [3.05, 3.63) is 9.81 Å². The van der Waals surface area contributed by atoms with Crippen LogP contribution in [0.2, 0.25) is 0 Å². The predicted octanol–water partition coefficient (Wildman–Crippen LogP) is 3.48. The summed E-state index contributed by atoms with van der Waals surface area (Å²) in [5, 5.41) is 12.3. The molecule has 0 saturated carbocycles. The van der Waals surface area contributed by atoms with E-state index in [1.54, 1.807) is 0 Å². The van der Waals surface area contributed by atoms with Crippen molar-refractivity contribution in [3.8, 4) is 0 Å². The van der Waals surface area contributed by atoms with Crippen LogP contribution in [-0.4, -0.2) is 33.0 Å². The van der Waals surface area contributed by atoms with Gasteiger partial charge in [0.15, 0.2) is 0 Å². The molecule has 0 heterocycles. The van der Waals surface area contributed by atoms with Crippen LogP contribution >= 0.6 is 23.5 Å². The van der Waals surface area contributed by atoms with E-state index >= 15 is 0 Å². The Morgan fingerprint density at radius 1 is 1.05 bits per heavy atom. The largest absolute Gasteiger partial charge is 0.477 e. The number of amides is 1. The summed E-state index contributed by atoms with van der Waals surface area (Å²) in [5.41, 5.74) is 0. The van der Waals surface area contributed by atoms with E-state index in [2.05, 4.69) is 5.32 Å². The van der Waals surface area contributed by atoms with E-state index < -0.39 is 5.97 Å². The van der Waals surface area contributed by atoms with E-state index in [1.807, 2.05) is 48.5 Å². The lowest BCUT2D eigenvalue weighted by Crippen LogP contribution is -2.32. The maximum absolute atomic E-state index is 12.3. The Kier molecular flexibility index (Phi) is 7.73. The first-order chi connectivity index (χ1) is 8.94. The van der Waals surface area contributed by atoms with Gasteiger partial charge in [-0.25, -0.2) is 4.79 Å². The minimum absolute atomic E-state index is 0.0304. The molecule has 0 aliphatic rings. The highest BCUT2D eigenvalue weighted by Crippen LogP contribution is 2.37. The topological polar surface area (TPSA) is 66.4 Å². The highest BCUT2D eigenvalue weighted by molar-refractivity contribution is 8.08. The van der Waals surface area contributed by atoms with Crippen molar-refractivity contribution in [2.75, 3.05) is 0 Å². The highest BCUT2D eigenvalue weighted by Gasteiger charge is 2.27. The van der Waals surface area contributed by atoms with Crippen molar-refractivity contribution in [1.82, 2.24) is 5.32 Å². The van der Waals surface area contributed by atoms with Crippen molar-refractivity contribution in [3.63, 3.8) is 0 Å². The highest BCUT2D eigenvalue weighted by atomic mass is 32.2. The molecular weight excluding hydrogens is 294 g/mol. The predicted molar refractivity (Wildman–Crippen MR) is 88.0 cm³/mol. The van der Waals surface area contributed by atoms with Gasteiger partial charge in [-0.3, -0.25) is 4.79 Å². The smallest absolute Gasteiger partial charge is 0.343 e. The molecule has 0 bridgehead atoms. The van der Waals surface area contributed by atoms with Crippen molar-refractivity contribution in [2.24, 2.45) is 0 Å². The molecule has 0 fully saturated rings. The zero-order chi connectivity index (χ0) is 16.1. The van der Waals surface area contributed by atoms with Gasteiger partial charge in [0.05, 0.1) is 4.91 Å². The number of rotatable bonds is 6. The molecule has 1 amide bonds. The Balaban J connectivity index is 5.64. The van der Waals surface area contributed by atoms with Gasteiger partial charge in [-0.05, 0) is 13.8 Å². The molecule has 0 aromatic heterocycles. The molecule has 2 N–H and O–H groups in total. The standard InChI is InChI=1S/C14H25NO3S2/c1-8(2)15-12(16)10(20-14(5,6)7)11(13(17)18)19-9(3)4/h8-9H,1-7H3,(H,15,16)(H,17,18)/b11-10-. The van der Waals surface area contributed by atoms with Crippen LogP contribution in [0, 0.1) is 0 Å². The summed E-state index contributed by atoms with van der Waals surface area (Å²) in [6.07, 6.45) is 0. The Morgan fingerprint density at radius 2 is 1.55 bits per heavy atom. The molecule has 4 nitrogen and oxygen atoms in total. The third-order valence-electron chi connectivity index (χ3n) is 1.79. The summed E-state index contributed by atoms with van der Waals surface area (Å²) in [5.74, 6) is -1.36. The molecule has 0 aliphatic carbocycles. The number of thioether (sulfide) groups is 2. The molecule has 0 aromatic carbocycles. The van der Waals surface area contributed by atoms with Gasteiger partial charge in [-0.1, -0.05) is 34.6 Å². The number of aliphatic carboxylic acids is 1. The molecule has 0 radical (unpaired) electrons. The molecule has 116 valence electrons. The maximum Gasteiger partial charge on any atom is 0.343 e. The fraction of sp³-hybridized carbons (Fsp3) is 0.714. The van der Waals surface area contributed by atoms with E-state index in [0.29, 0.717) is 0 Å². The maximum atomic E-state index is 12.3. The van der Waals surface area contributed by atoms with E-state index in [1.165, 1.54) is 23.5 Å².